The van der Waals surface area contributed by atoms with Crippen LogP contribution in [0.2, 0.25) is 0 Å². The quantitative estimate of drug-likeness (QED) is 0.168. The van der Waals surface area contributed by atoms with Gasteiger partial charge in [0, 0.05) is 59.4 Å². The summed E-state index contributed by atoms with van der Waals surface area (Å²) in [6, 6.07) is 40.0. The summed E-state index contributed by atoms with van der Waals surface area (Å²) in [5.41, 5.74) is 9.21. The molecule has 6 aromatic carbocycles. The first-order valence-corrected chi connectivity index (χ1v) is 18.9. The zero-order valence-corrected chi connectivity index (χ0v) is 30.1. The van der Waals surface area contributed by atoms with Crippen LogP contribution < -0.4 is 0 Å². The minimum Gasteiger partial charge on any atom is -0.263 e. The largest absolute Gasteiger partial charge is 0.263 e. The second kappa shape index (κ2) is 12.3. The molecule has 0 saturated heterocycles. The van der Waals surface area contributed by atoms with Gasteiger partial charge in [0.25, 0.3) is 0 Å². The summed E-state index contributed by atoms with van der Waals surface area (Å²) in [6.07, 6.45) is 11.8. The first-order valence-electron chi connectivity index (χ1n) is 17.3. The van der Waals surface area contributed by atoms with Crippen molar-refractivity contribution >= 4 is 65.8 Å². The van der Waals surface area contributed by atoms with Gasteiger partial charge in [-0.25, -0.2) is 9.97 Å². The average Bonchev–Trinajstić information content (AvgIpc) is 3.84. The highest BCUT2D eigenvalue weighted by molar-refractivity contribution is 7.15. The van der Waals surface area contributed by atoms with Gasteiger partial charge in [-0.1, -0.05) is 97.1 Å². The lowest BCUT2D eigenvalue weighted by atomic mass is 9.81. The lowest BCUT2D eigenvalue weighted by molar-refractivity contribution is 1.29. The van der Waals surface area contributed by atoms with E-state index < -0.39 is 0 Å². The van der Waals surface area contributed by atoms with Gasteiger partial charge in [0.05, 0.1) is 19.8 Å². The number of aromatic nitrogens is 4. The normalized spacial score (nSPS) is 11.7. The molecule has 0 spiro atoms. The summed E-state index contributed by atoms with van der Waals surface area (Å²) < 4.78 is 0. The summed E-state index contributed by atoms with van der Waals surface area (Å²) in [4.78, 5) is 20.8. The van der Waals surface area contributed by atoms with E-state index in [1.54, 1.807) is 22.7 Å². The van der Waals surface area contributed by atoms with E-state index in [9.17, 15) is 0 Å². The molecule has 0 N–H and O–H groups in total. The van der Waals surface area contributed by atoms with Gasteiger partial charge < -0.3 is 0 Å². The van der Waals surface area contributed by atoms with Crippen molar-refractivity contribution in [2.45, 2.75) is 13.8 Å². The summed E-state index contributed by atoms with van der Waals surface area (Å²) in [7, 11) is 0. The third-order valence-corrected chi connectivity index (χ3v) is 11.9. The van der Waals surface area contributed by atoms with E-state index >= 15 is 0 Å². The predicted octanol–water partition coefficient (Wildman–Crippen LogP) is 13.0. The van der Waals surface area contributed by atoms with E-state index in [-0.39, 0.29) is 0 Å². The van der Waals surface area contributed by atoms with Crippen molar-refractivity contribution in [1.82, 2.24) is 19.9 Å². The van der Waals surface area contributed by atoms with Gasteiger partial charge in [0.2, 0.25) is 0 Å². The van der Waals surface area contributed by atoms with Gasteiger partial charge in [-0.3, -0.25) is 9.97 Å². The van der Waals surface area contributed by atoms with Crippen molar-refractivity contribution in [3.63, 3.8) is 0 Å². The molecule has 0 aliphatic carbocycles. The molecule has 246 valence electrons. The summed E-state index contributed by atoms with van der Waals surface area (Å²) in [6.45, 7) is 4.09. The van der Waals surface area contributed by atoms with Crippen LogP contribution >= 0.6 is 22.7 Å². The van der Waals surface area contributed by atoms with Crippen LogP contribution in [0.1, 0.15) is 10.0 Å². The number of benzene rings is 6. The molecule has 0 aliphatic rings. The molecule has 4 heterocycles. The fourth-order valence-corrected chi connectivity index (χ4v) is 9.35. The third-order valence-electron chi connectivity index (χ3n) is 9.98. The first-order chi connectivity index (χ1) is 25.6. The number of rotatable bonds is 5. The molecule has 0 saturated carbocycles. The van der Waals surface area contributed by atoms with E-state index in [1.807, 2.05) is 51.0 Å². The van der Waals surface area contributed by atoms with Crippen LogP contribution in [0.3, 0.4) is 0 Å². The first kappa shape index (κ1) is 30.7. The highest BCUT2D eigenvalue weighted by Crippen LogP contribution is 2.50. The SMILES string of the molecule is Cc1ncc(-c2cncc(-c3c4ccccc4c(-c4c5ccccc5c(-c5cncc(-c6cnc(C)s6)c5)c5ccccc45)c4ccccc34)c2)s1. The maximum Gasteiger partial charge on any atom is 0.0900 e. The maximum absolute atomic E-state index is 4.76. The minimum absolute atomic E-state index is 1.05. The van der Waals surface area contributed by atoms with Crippen molar-refractivity contribution in [2.24, 2.45) is 0 Å². The van der Waals surface area contributed by atoms with Gasteiger partial charge in [0.1, 0.15) is 0 Å². The van der Waals surface area contributed by atoms with E-state index in [0.29, 0.717) is 0 Å². The molecule has 52 heavy (non-hydrogen) atoms. The van der Waals surface area contributed by atoms with Gasteiger partial charge in [-0.2, -0.15) is 0 Å². The van der Waals surface area contributed by atoms with E-state index in [4.69, 9.17) is 9.97 Å². The van der Waals surface area contributed by atoms with Crippen molar-refractivity contribution in [1.29, 1.82) is 0 Å². The van der Waals surface area contributed by atoms with Gasteiger partial charge in [-0.15, -0.1) is 22.7 Å². The van der Waals surface area contributed by atoms with Crippen LogP contribution in [-0.4, -0.2) is 19.9 Å². The lowest BCUT2D eigenvalue weighted by Crippen LogP contribution is -1.95. The fraction of sp³-hybridized carbons (Fsp3) is 0.0435. The maximum atomic E-state index is 4.76. The average molecular weight is 703 g/mol. The molecule has 0 fully saturated rings. The highest BCUT2D eigenvalue weighted by Gasteiger charge is 2.23. The number of hydrogen-bond donors (Lipinski definition) is 0. The van der Waals surface area contributed by atoms with Crippen LogP contribution in [0, 0.1) is 13.8 Å². The Bertz CT molecular complexity index is 2690. The molecule has 0 atom stereocenters. The molecule has 4 aromatic heterocycles. The Morgan fingerprint density at radius 3 is 0.923 bits per heavy atom. The van der Waals surface area contributed by atoms with E-state index in [1.165, 1.54) is 65.3 Å². The Morgan fingerprint density at radius 2 is 0.635 bits per heavy atom. The smallest absolute Gasteiger partial charge is 0.0900 e. The Labute approximate surface area is 308 Å². The molecule has 0 aliphatic heterocycles. The summed E-state index contributed by atoms with van der Waals surface area (Å²) >= 11 is 3.39. The van der Waals surface area contributed by atoms with Crippen LogP contribution in [0.15, 0.2) is 146 Å². The van der Waals surface area contributed by atoms with Gasteiger partial charge in [-0.05, 0) is 91.3 Å². The molecule has 10 aromatic rings. The lowest BCUT2D eigenvalue weighted by Gasteiger charge is -2.22. The zero-order chi connectivity index (χ0) is 34.8. The number of fused-ring (bicyclic) bond motifs is 4. The predicted molar refractivity (Wildman–Crippen MR) is 220 cm³/mol. The molecule has 0 bridgehead atoms. The second-order valence-electron chi connectivity index (χ2n) is 13.1. The molecule has 0 amide bonds. The molecule has 10 rings (SSSR count). The topological polar surface area (TPSA) is 51.6 Å². The monoisotopic (exact) mass is 702 g/mol. The summed E-state index contributed by atoms with van der Waals surface area (Å²) in [5, 5.41) is 11.7. The van der Waals surface area contributed by atoms with Crippen LogP contribution in [0.5, 0.6) is 0 Å². The number of thiazole rings is 2. The molecular formula is C46H30N4S2. The molecule has 0 radical (unpaired) electrons. The number of nitrogens with zero attached hydrogens (tertiary/aromatic N) is 4. The van der Waals surface area contributed by atoms with E-state index in [2.05, 4.69) is 119 Å². The third kappa shape index (κ3) is 4.94. The molecular weight excluding hydrogens is 673 g/mol. The molecule has 0 unspecified atom stereocenters. The fourth-order valence-electron chi connectivity index (χ4n) is 7.83. The Hall–Kier alpha value is -6.08. The summed E-state index contributed by atoms with van der Waals surface area (Å²) in [5.74, 6) is 0. The number of hydrogen-bond acceptors (Lipinski definition) is 6. The van der Waals surface area contributed by atoms with Gasteiger partial charge in [0.15, 0.2) is 0 Å². The zero-order valence-electron chi connectivity index (χ0n) is 28.5. The van der Waals surface area contributed by atoms with Crippen LogP contribution in [0.25, 0.3) is 97.4 Å². The Balaban J connectivity index is 1.29. The second-order valence-corrected chi connectivity index (χ2v) is 15.6. The Kier molecular flexibility index (Phi) is 7.27. The minimum atomic E-state index is 1.05. The van der Waals surface area contributed by atoms with Crippen molar-refractivity contribution in [3.8, 4) is 54.3 Å². The number of aryl methyl sites for hydroxylation is 2. The highest BCUT2D eigenvalue weighted by atomic mass is 32.1. The molecule has 6 heteroatoms. The van der Waals surface area contributed by atoms with Crippen LogP contribution in [-0.2, 0) is 0 Å². The van der Waals surface area contributed by atoms with Gasteiger partial charge >= 0.3 is 0 Å². The standard InChI is InChI=1S/C46H30N4S2/c1-27-49-25-41(51-27)29-19-31(23-47-21-29)43-33-11-3-7-15-37(33)45(38-16-8-4-12-34(38)43)46-39-17-9-5-13-35(39)44(36-14-6-10-18-40(36)46)32-20-30(22-48-24-32)42-26-50-28(2)52-42/h3-26H,1-2H3. The van der Waals surface area contributed by atoms with Crippen molar-refractivity contribution in [3.05, 3.63) is 156 Å². The Morgan fingerprint density at radius 1 is 0.346 bits per heavy atom. The van der Waals surface area contributed by atoms with Crippen LogP contribution in [0.4, 0.5) is 0 Å². The van der Waals surface area contributed by atoms with Crippen molar-refractivity contribution in [2.75, 3.05) is 0 Å². The number of pyridine rings is 2. The molecule has 4 nitrogen and oxygen atoms in total. The van der Waals surface area contributed by atoms with E-state index in [0.717, 1.165) is 42.0 Å². The van der Waals surface area contributed by atoms with Crippen molar-refractivity contribution < 1.29 is 0 Å².